The van der Waals surface area contributed by atoms with E-state index in [1.807, 2.05) is 31.2 Å². The molecule has 0 amide bonds. The zero-order chi connectivity index (χ0) is 30.0. The van der Waals surface area contributed by atoms with Crippen molar-refractivity contribution in [2.24, 2.45) is 7.05 Å². The molecule has 0 bridgehead atoms. The van der Waals surface area contributed by atoms with Crippen molar-refractivity contribution >= 4 is 17.7 Å². The molecule has 42 heavy (non-hydrogen) atoms. The molecule has 0 radical (unpaired) electrons. The third-order valence-corrected chi connectivity index (χ3v) is 8.18. The Morgan fingerprint density at radius 1 is 0.833 bits per heavy atom. The largest absolute Gasteiger partial charge is 0.493 e. The molecule has 0 aliphatic heterocycles. The molecule has 0 aliphatic carbocycles. The molecule has 0 saturated heterocycles. The lowest BCUT2D eigenvalue weighted by Crippen LogP contribution is -2.07. The first-order valence-corrected chi connectivity index (χ1v) is 16.5. The average molecular weight is 596 g/mol. The predicted molar refractivity (Wildman–Crippen MR) is 169 cm³/mol. The summed E-state index contributed by atoms with van der Waals surface area (Å²) in [4.78, 5) is 12.8. The van der Waals surface area contributed by atoms with Crippen LogP contribution >= 0.6 is 11.8 Å². The lowest BCUT2D eigenvalue weighted by Gasteiger charge is -2.14. The molecule has 1 aromatic heterocycles. The molecular weight excluding hydrogens is 546 g/mol. The summed E-state index contributed by atoms with van der Waals surface area (Å²) in [5.74, 6) is 2.40. The summed E-state index contributed by atoms with van der Waals surface area (Å²) in [6.45, 7) is 7.74. The summed E-state index contributed by atoms with van der Waals surface area (Å²) >= 11 is 1.61. The second-order valence-electron chi connectivity index (χ2n) is 10.7. The average Bonchev–Trinajstić information content (AvgIpc) is 3.33. The van der Waals surface area contributed by atoms with Crippen molar-refractivity contribution in [3.63, 3.8) is 0 Å². The van der Waals surface area contributed by atoms with Gasteiger partial charge in [-0.25, -0.2) is 0 Å². The Balaban J connectivity index is 1.64. The monoisotopic (exact) mass is 595 g/mol. The Labute approximate surface area is 256 Å². The molecule has 0 N–H and O–H groups in total. The highest BCUT2D eigenvalue weighted by atomic mass is 32.2. The minimum atomic E-state index is -0.222. The van der Waals surface area contributed by atoms with Crippen LogP contribution < -0.4 is 9.47 Å². The molecule has 0 aliphatic rings. The quantitative estimate of drug-likeness (QED) is 0.0902. The zero-order valence-corrected chi connectivity index (χ0v) is 26.8. The summed E-state index contributed by atoms with van der Waals surface area (Å²) in [6.07, 6.45) is 13.4. The van der Waals surface area contributed by atoms with Gasteiger partial charge in [0.05, 0.1) is 19.6 Å². The Bertz CT molecular complexity index is 1200. The molecular formula is C34H49N3O4S. The second kappa shape index (κ2) is 19.2. The Hall–Kier alpha value is -3.00. The lowest BCUT2D eigenvalue weighted by molar-refractivity contribution is -0.142. The number of hydrogen-bond acceptors (Lipinski definition) is 7. The van der Waals surface area contributed by atoms with Gasteiger partial charge in [-0.2, -0.15) is 0 Å². The minimum Gasteiger partial charge on any atom is -0.493 e. The normalized spacial score (nSPS) is 11.0. The van der Waals surface area contributed by atoms with Crippen LogP contribution in [-0.2, 0) is 36.0 Å². The van der Waals surface area contributed by atoms with Gasteiger partial charge >= 0.3 is 5.97 Å². The molecule has 8 heteroatoms. The molecule has 0 fully saturated rings. The molecule has 0 atom stereocenters. The van der Waals surface area contributed by atoms with E-state index < -0.39 is 0 Å². The van der Waals surface area contributed by atoms with E-state index >= 15 is 0 Å². The van der Waals surface area contributed by atoms with Crippen molar-refractivity contribution in [2.45, 2.75) is 114 Å². The maximum absolute atomic E-state index is 11.8. The van der Waals surface area contributed by atoms with Crippen molar-refractivity contribution < 1.29 is 19.0 Å². The number of esters is 1. The highest BCUT2D eigenvalue weighted by molar-refractivity contribution is 7.99. The van der Waals surface area contributed by atoms with Gasteiger partial charge in [-0.05, 0) is 61.4 Å². The van der Waals surface area contributed by atoms with Gasteiger partial charge in [0, 0.05) is 23.9 Å². The molecule has 7 nitrogen and oxygen atoms in total. The number of rotatable bonds is 21. The minimum absolute atomic E-state index is 0.222. The van der Waals surface area contributed by atoms with Crippen LogP contribution in [0.15, 0.2) is 52.5 Å². The second-order valence-corrected chi connectivity index (χ2v) is 11.7. The van der Waals surface area contributed by atoms with E-state index in [0.29, 0.717) is 19.8 Å². The van der Waals surface area contributed by atoms with Crippen LogP contribution in [0.2, 0.25) is 0 Å². The summed E-state index contributed by atoms with van der Waals surface area (Å²) < 4.78 is 19.6. The van der Waals surface area contributed by atoms with E-state index in [-0.39, 0.29) is 12.4 Å². The van der Waals surface area contributed by atoms with Gasteiger partial charge in [0.2, 0.25) is 0 Å². The smallest absolute Gasteiger partial charge is 0.310 e. The molecule has 0 unspecified atom stereocenters. The van der Waals surface area contributed by atoms with E-state index in [1.54, 1.807) is 11.8 Å². The van der Waals surface area contributed by atoms with E-state index in [9.17, 15) is 4.79 Å². The Morgan fingerprint density at radius 3 is 2.26 bits per heavy atom. The van der Waals surface area contributed by atoms with Crippen LogP contribution in [0.25, 0.3) is 0 Å². The lowest BCUT2D eigenvalue weighted by atomic mass is 10.1. The standard InChI is InChI=1S/C34H49N3O4S/c1-5-8-10-12-14-16-32-35-36-34(37(32)4)42-30-22-19-28(31(25-30)40-23-15-13-11-9-6-2)26-41-29-20-17-27(18-21-29)24-33(38)39-7-3/h17-22,25H,5-16,23-24,26H2,1-4H3. The van der Waals surface area contributed by atoms with Crippen LogP contribution in [0.1, 0.15) is 102 Å². The number of hydrogen-bond donors (Lipinski definition) is 0. The van der Waals surface area contributed by atoms with Gasteiger partial charge in [-0.3, -0.25) is 4.79 Å². The molecule has 230 valence electrons. The third-order valence-electron chi connectivity index (χ3n) is 7.15. The molecule has 2 aromatic carbocycles. The number of aryl methyl sites for hydroxylation is 1. The fourth-order valence-corrected chi connectivity index (χ4v) is 5.46. The fraction of sp³-hybridized carbons (Fsp3) is 0.559. The van der Waals surface area contributed by atoms with E-state index in [2.05, 4.69) is 53.9 Å². The summed E-state index contributed by atoms with van der Waals surface area (Å²) in [7, 11) is 2.05. The Morgan fingerprint density at radius 2 is 1.55 bits per heavy atom. The first kappa shape index (κ1) is 33.5. The molecule has 0 spiro atoms. The van der Waals surface area contributed by atoms with Crippen LogP contribution in [0, 0.1) is 0 Å². The van der Waals surface area contributed by atoms with Crippen molar-refractivity contribution in [3.05, 3.63) is 59.4 Å². The summed E-state index contributed by atoms with van der Waals surface area (Å²) in [5, 5.41) is 9.82. The van der Waals surface area contributed by atoms with Gasteiger partial charge in [0.25, 0.3) is 0 Å². The van der Waals surface area contributed by atoms with Gasteiger partial charge in [0.15, 0.2) is 5.16 Å². The zero-order valence-electron chi connectivity index (χ0n) is 26.0. The van der Waals surface area contributed by atoms with Crippen molar-refractivity contribution in [1.82, 2.24) is 14.8 Å². The van der Waals surface area contributed by atoms with E-state index in [4.69, 9.17) is 14.2 Å². The number of benzene rings is 2. The van der Waals surface area contributed by atoms with Crippen LogP contribution in [0.4, 0.5) is 0 Å². The van der Waals surface area contributed by atoms with Gasteiger partial charge < -0.3 is 18.8 Å². The highest BCUT2D eigenvalue weighted by Crippen LogP contribution is 2.32. The maximum Gasteiger partial charge on any atom is 0.310 e. The number of ether oxygens (including phenoxy) is 3. The van der Waals surface area contributed by atoms with Crippen LogP contribution in [0.3, 0.4) is 0 Å². The number of unbranched alkanes of at least 4 members (excludes halogenated alkanes) is 8. The summed E-state index contributed by atoms with van der Waals surface area (Å²) in [6, 6.07) is 13.9. The van der Waals surface area contributed by atoms with Crippen molar-refractivity contribution in [1.29, 1.82) is 0 Å². The van der Waals surface area contributed by atoms with Gasteiger partial charge in [-0.1, -0.05) is 83.4 Å². The van der Waals surface area contributed by atoms with E-state index in [1.165, 1.54) is 51.4 Å². The van der Waals surface area contributed by atoms with Gasteiger partial charge in [-0.15, -0.1) is 10.2 Å². The number of nitrogens with zero attached hydrogens (tertiary/aromatic N) is 3. The third kappa shape index (κ3) is 11.7. The van der Waals surface area contributed by atoms with E-state index in [0.717, 1.165) is 57.8 Å². The number of aromatic nitrogens is 3. The highest BCUT2D eigenvalue weighted by Gasteiger charge is 2.13. The predicted octanol–water partition coefficient (Wildman–Crippen LogP) is 8.51. The molecule has 3 rings (SSSR count). The first-order valence-electron chi connectivity index (χ1n) is 15.7. The topological polar surface area (TPSA) is 75.5 Å². The molecule has 0 saturated carbocycles. The molecule has 1 heterocycles. The number of carbonyl (C=O) groups is 1. The fourth-order valence-electron chi connectivity index (χ4n) is 4.63. The number of carbonyl (C=O) groups excluding carboxylic acids is 1. The van der Waals surface area contributed by atoms with Crippen molar-refractivity contribution in [2.75, 3.05) is 13.2 Å². The maximum atomic E-state index is 11.8. The van der Waals surface area contributed by atoms with Gasteiger partial charge in [0.1, 0.15) is 23.9 Å². The van der Waals surface area contributed by atoms with Crippen LogP contribution in [0.5, 0.6) is 11.5 Å². The first-order chi connectivity index (χ1) is 20.5. The van der Waals surface area contributed by atoms with Crippen LogP contribution in [-0.4, -0.2) is 33.9 Å². The Kier molecular flexibility index (Phi) is 15.3. The SMILES string of the molecule is CCCCCCCOc1cc(Sc2nnc(CCCCCCC)n2C)ccc1COc1ccc(CC(=O)OCC)cc1. The van der Waals surface area contributed by atoms with Crippen molar-refractivity contribution in [3.8, 4) is 11.5 Å². The summed E-state index contributed by atoms with van der Waals surface area (Å²) in [5.41, 5.74) is 1.90. The molecule has 3 aromatic rings.